The second-order valence-corrected chi connectivity index (χ2v) is 9.46. The summed E-state index contributed by atoms with van der Waals surface area (Å²) in [6, 6.07) is 12.1. The lowest BCUT2D eigenvalue weighted by atomic mass is 9.68. The van der Waals surface area contributed by atoms with Crippen molar-refractivity contribution < 1.29 is 19.0 Å². The fourth-order valence-corrected chi connectivity index (χ4v) is 5.12. The molecule has 1 aliphatic rings. The van der Waals surface area contributed by atoms with Crippen molar-refractivity contribution in [2.24, 2.45) is 5.41 Å². The van der Waals surface area contributed by atoms with Crippen LogP contribution >= 0.6 is 0 Å². The summed E-state index contributed by atoms with van der Waals surface area (Å²) in [6.45, 7) is 2.25. The van der Waals surface area contributed by atoms with E-state index in [1.807, 2.05) is 0 Å². The molecule has 2 aromatic rings. The SMILES string of the molecule is CCCCCCCCCC1(C(=O)Nc2c(OC)cc(OC)cc2OC)CCc2ccccc2C1. The van der Waals surface area contributed by atoms with Gasteiger partial charge in [-0.05, 0) is 36.8 Å². The fraction of sp³-hybridized carbons (Fsp3) is 0.552. The van der Waals surface area contributed by atoms with Gasteiger partial charge in [-0.25, -0.2) is 0 Å². The molecule has 0 bridgehead atoms. The van der Waals surface area contributed by atoms with Gasteiger partial charge in [0, 0.05) is 12.1 Å². The Labute approximate surface area is 205 Å². The fourth-order valence-electron chi connectivity index (χ4n) is 5.12. The number of hydrogen-bond acceptors (Lipinski definition) is 4. The number of unbranched alkanes of at least 4 members (excludes halogenated alkanes) is 6. The molecule has 0 radical (unpaired) electrons. The molecular formula is C29H41NO4. The van der Waals surface area contributed by atoms with Crippen molar-refractivity contribution in [3.8, 4) is 17.2 Å². The van der Waals surface area contributed by atoms with E-state index in [4.69, 9.17) is 14.2 Å². The van der Waals surface area contributed by atoms with Gasteiger partial charge in [0.05, 0.1) is 26.7 Å². The molecule has 0 aromatic heterocycles. The highest BCUT2D eigenvalue weighted by Crippen LogP contribution is 2.44. The van der Waals surface area contributed by atoms with Crippen LogP contribution in [0.4, 0.5) is 5.69 Å². The van der Waals surface area contributed by atoms with Gasteiger partial charge in [0.1, 0.15) is 22.9 Å². The van der Waals surface area contributed by atoms with Crippen molar-refractivity contribution in [3.05, 3.63) is 47.5 Å². The normalized spacial score (nSPS) is 17.1. The van der Waals surface area contributed by atoms with Crippen molar-refractivity contribution >= 4 is 11.6 Å². The van der Waals surface area contributed by atoms with Gasteiger partial charge in [0.2, 0.25) is 5.91 Å². The molecule has 0 saturated heterocycles. The molecule has 2 aromatic carbocycles. The summed E-state index contributed by atoms with van der Waals surface area (Å²) >= 11 is 0. The molecule has 0 fully saturated rings. The lowest BCUT2D eigenvalue weighted by Gasteiger charge is -2.37. The first kappa shape index (κ1) is 25.9. The summed E-state index contributed by atoms with van der Waals surface area (Å²) < 4.78 is 16.5. The third-order valence-electron chi connectivity index (χ3n) is 7.21. The van der Waals surface area contributed by atoms with Crippen molar-refractivity contribution in [3.63, 3.8) is 0 Å². The minimum atomic E-state index is -0.437. The Kier molecular flexibility index (Phi) is 9.67. The summed E-state index contributed by atoms with van der Waals surface area (Å²) in [6.07, 6.45) is 12.1. The smallest absolute Gasteiger partial charge is 0.231 e. The van der Waals surface area contributed by atoms with Gasteiger partial charge >= 0.3 is 0 Å². The van der Waals surface area contributed by atoms with Crippen LogP contribution in [0, 0.1) is 5.41 Å². The number of amides is 1. The zero-order valence-electron chi connectivity index (χ0n) is 21.4. The van der Waals surface area contributed by atoms with Gasteiger partial charge in [-0.15, -0.1) is 0 Å². The Morgan fingerprint density at radius 1 is 0.882 bits per heavy atom. The van der Waals surface area contributed by atoms with Crippen LogP contribution in [0.25, 0.3) is 0 Å². The molecule has 186 valence electrons. The van der Waals surface area contributed by atoms with E-state index in [1.165, 1.54) is 49.7 Å². The average molecular weight is 468 g/mol. The Hall–Kier alpha value is -2.69. The summed E-state index contributed by atoms with van der Waals surface area (Å²) in [4.78, 5) is 13.9. The van der Waals surface area contributed by atoms with E-state index < -0.39 is 5.41 Å². The van der Waals surface area contributed by atoms with Crippen LogP contribution in [-0.2, 0) is 17.6 Å². The van der Waals surface area contributed by atoms with Crippen LogP contribution < -0.4 is 19.5 Å². The Balaban J connectivity index is 1.80. The van der Waals surface area contributed by atoms with E-state index in [2.05, 4.69) is 36.5 Å². The summed E-state index contributed by atoms with van der Waals surface area (Å²) in [7, 11) is 4.78. The van der Waals surface area contributed by atoms with Crippen LogP contribution in [-0.4, -0.2) is 27.2 Å². The number of carbonyl (C=O) groups excluding carboxylic acids is 1. The number of benzene rings is 2. The molecule has 1 N–H and O–H groups in total. The molecule has 0 heterocycles. The van der Waals surface area contributed by atoms with Crippen LogP contribution in [0.2, 0.25) is 0 Å². The van der Waals surface area contributed by atoms with Gasteiger partial charge in [0.25, 0.3) is 0 Å². The van der Waals surface area contributed by atoms with E-state index in [0.29, 0.717) is 22.9 Å². The monoisotopic (exact) mass is 467 g/mol. The third-order valence-corrected chi connectivity index (χ3v) is 7.21. The van der Waals surface area contributed by atoms with E-state index >= 15 is 0 Å². The predicted molar refractivity (Wildman–Crippen MR) is 138 cm³/mol. The molecule has 1 amide bonds. The molecule has 1 unspecified atom stereocenters. The first-order chi connectivity index (χ1) is 16.6. The first-order valence-electron chi connectivity index (χ1n) is 12.7. The van der Waals surface area contributed by atoms with E-state index in [1.54, 1.807) is 33.5 Å². The second kappa shape index (κ2) is 12.7. The number of anilines is 1. The van der Waals surface area contributed by atoms with E-state index in [-0.39, 0.29) is 5.91 Å². The van der Waals surface area contributed by atoms with E-state index in [0.717, 1.165) is 32.1 Å². The lowest BCUT2D eigenvalue weighted by molar-refractivity contribution is -0.126. The summed E-state index contributed by atoms with van der Waals surface area (Å²) in [5.41, 5.74) is 2.78. The molecule has 0 aliphatic heterocycles. The number of nitrogens with one attached hydrogen (secondary N) is 1. The quantitative estimate of drug-likeness (QED) is 0.323. The molecule has 0 spiro atoms. The summed E-state index contributed by atoms with van der Waals surface area (Å²) in [5.74, 6) is 1.74. The second-order valence-electron chi connectivity index (χ2n) is 9.46. The third kappa shape index (κ3) is 6.25. The lowest BCUT2D eigenvalue weighted by Crippen LogP contribution is -2.41. The predicted octanol–water partition coefficient (Wildman–Crippen LogP) is 6.97. The van der Waals surface area contributed by atoms with Crippen molar-refractivity contribution in [2.45, 2.75) is 77.6 Å². The van der Waals surface area contributed by atoms with Crippen LogP contribution in [0.15, 0.2) is 36.4 Å². The maximum atomic E-state index is 13.9. The zero-order valence-corrected chi connectivity index (χ0v) is 21.4. The number of carbonyl (C=O) groups is 1. The molecule has 5 heteroatoms. The number of fused-ring (bicyclic) bond motifs is 1. The highest BCUT2D eigenvalue weighted by Gasteiger charge is 2.41. The zero-order chi connectivity index (χ0) is 24.4. The first-order valence-corrected chi connectivity index (χ1v) is 12.7. The topological polar surface area (TPSA) is 56.8 Å². The van der Waals surface area contributed by atoms with Crippen molar-refractivity contribution in [1.29, 1.82) is 0 Å². The van der Waals surface area contributed by atoms with Gasteiger partial charge in [0.15, 0.2) is 0 Å². The number of methoxy groups -OCH3 is 3. The maximum absolute atomic E-state index is 13.9. The number of rotatable bonds is 13. The highest BCUT2D eigenvalue weighted by atomic mass is 16.5. The Morgan fingerprint density at radius 2 is 1.50 bits per heavy atom. The van der Waals surface area contributed by atoms with Crippen molar-refractivity contribution in [1.82, 2.24) is 0 Å². The maximum Gasteiger partial charge on any atom is 0.231 e. The molecule has 0 saturated carbocycles. The van der Waals surface area contributed by atoms with Crippen molar-refractivity contribution in [2.75, 3.05) is 26.6 Å². The average Bonchev–Trinajstić information content (AvgIpc) is 2.87. The minimum Gasteiger partial charge on any atom is -0.496 e. The standard InChI is InChI=1S/C29H41NO4/c1-5-6-7-8-9-10-13-17-29(18-16-22-14-11-12-15-23(22)21-29)28(31)30-27-25(33-3)19-24(32-2)20-26(27)34-4/h11-12,14-15,19-20H,5-10,13,16-18,21H2,1-4H3,(H,30,31). The summed E-state index contributed by atoms with van der Waals surface area (Å²) in [5, 5.41) is 3.20. The highest BCUT2D eigenvalue weighted by molar-refractivity contribution is 5.98. The van der Waals surface area contributed by atoms with Crippen LogP contribution in [0.1, 0.15) is 75.8 Å². The molecule has 34 heavy (non-hydrogen) atoms. The molecule has 1 atom stereocenters. The molecular weight excluding hydrogens is 426 g/mol. The number of hydrogen-bond donors (Lipinski definition) is 1. The minimum absolute atomic E-state index is 0.0507. The number of aryl methyl sites for hydroxylation is 1. The molecule has 1 aliphatic carbocycles. The van der Waals surface area contributed by atoms with Crippen LogP contribution in [0.5, 0.6) is 17.2 Å². The van der Waals surface area contributed by atoms with Gasteiger partial charge in [-0.2, -0.15) is 0 Å². The Bertz CT molecular complexity index is 916. The molecule has 3 rings (SSSR count). The van der Waals surface area contributed by atoms with Gasteiger partial charge in [-0.1, -0.05) is 76.1 Å². The van der Waals surface area contributed by atoms with Gasteiger partial charge < -0.3 is 19.5 Å². The Morgan fingerprint density at radius 3 is 2.12 bits per heavy atom. The molecule has 5 nitrogen and oxygen atoms in total. The van der Waals surface area contributed by atoms with Gasteiger partial charge in [-0.3, -0.25) is 4.79 Å². The van der Waals surface area contributed by atoms with Crippen LogP contribution in [0.3, 0.4) is 0 Å². The number of ether oxygens (including phenoxy) is 3. The van der Waals surface area contributed by atoms with E-state index in [9.17, 15) is 4.79 Å². The largest absolute Gasteiger partial charge is 0.496 e.